The third kappa shape index (κ3) is 4.02. The van der Waals surface area contributed by atoms with Crippen molar-refractivity contribution in [3.63, 3.8) is 0 Å². The zero-order valence-electron chi connectivity index (χ0n) is 12.7. The highest BCUT2D eigenvalue weighted by Gasteiger charge is 2.14. The Morgan fingerprint density at radius 2 is 1.89 bits per heavy atom. The van der Waals surface area contributed by atoms with Crippen LogP contribution in [0, 0.1) is 6.92 Å². The summed E-state index contributed by atoms with van der Waals surface area (Å²) in [6, 6.07) is 1.16. The van der Waals surface area contributed by atoms with Gasteiger partial charge in [-0.25, -0.2) is 4.98 Å². The number of hydrogen-bond donors (Lipinski definition) is 1. The molecule has 0 saturated heterocycles. The zero-order chi connectivity index (χ0) is 13.7. The summed E-state index contributed by atoms with van der Waals surface area (Å²) in [4.78, 5) is 7.01. The Bertz CT molecular complexity index is 347. The molecule has 1 aromatic heterocycles. The lowest BCUT2D eigenvalue weighted by molar-refractivity contribution is 0.168. The highest BCUT2D eigenvalue weighted by Crippen LogP contribution is 2.10. The molecule has 0 amide bonds. The molecule has 1 aromatic rings. The van der Waals surface area contributed by atoms with Gasteiger partial charge < -0.3 is 9.88 Å². The third-order valence-corrected chi connectivity index (χ3v) is 3.16. The van der Waals surface area contributed by atoms with Crippen molar-refractivity contribution in [1.29, 1.82) is 0 Å². The lowest BCUT2D eigenvalue weighted by Crippen LogP contribution is -2.39. The Kier molecular flexibility index (Phi) is 5.66. The van der Waals surface area contributed by atoms with Crippen LogP contribution in [0.4, 0.5) is 5.95 Å². The monoisotopic (exact) mass is 252 g/mol. The van der Waals surface area contributed by atoms with Crippen LogP contribution in [-0.4, -0.2) is 39.6 Å². The van der Waals surface area contributed by atoms with E-state index in [0.29, 0.717) is 12.1 Å². The van der Waals surface area contributed by atoms with E-state index in [1.807, 2.05) is 6.92 Å². The average Bonchev–Trinajstić information content (AvgIpc) is 2.59. The Morgan fingerprint density at radius 3 is 2.39 bits per heavy atom. The molecule has 0 fully saturated rings. The predicted molar refractivity (Wildman–Crippen MR) is 78.1 cm³/mol. The van der Waals surface area contributed by atoms with E-state index in [-0.39, 0.29) is 0 Å². The predicted octanol–water partition coefficient (Wildman–Crippen LogP) is 2.74. The summed E-state index contributed by atoms with van der Waals surface area (Å²) in [5, 5.41) is 3.31. The number of aryl methyl sites for hydroxylation is 1. The normalized spacial score (nSPS) is 11.8. The van der Waals surface area contributed by atoms with Gasteiger partial charge in [0.15, 0.2) is 0 Å². The van der Waals surface area contributed by atoms with E-state index in [2.05, 4.69) is 60.6 Å². The summed E-state index contributed by atoms with van der Waals surface area (Å²) in [5.41, 5.74) is 1.08. The maximum Gasteiger partial charge on any atom is 0.203 e. The van der Waals surface area contributed by atoms with Gasteiger partial charge in [0.25, 0.3) is 0 Å². The molecule has 0 aliphatic carbocycles. The Labute approximate surface area is 111 Å². The number of rotatable bonds is 7. The molecule has 0 radical (unpaired) electrons. The smallest absolute Gasteiger partial charge is 0.203 e. The molecular formula is C14H28N4. The number of anilines is 1. The molecule has 1 heterocycles. The number of aromatic nitrogens is 2. The van der Waals surface area contributed by atoms with Crippen molar-refractivity contribution in [3.05, 3.63) is 11.9 Å². The van der Waals surface area contributed by atoms with Crippen molar-refractivity contribution < 1.29 is 0 Å². The van der Waals surface area contributed by atoms with Crippen molar-refractivity contribution in [2.75, 3.05) is 18.4 Å². The molecule has 0 aromatic carbocycles. The van der Waals surface area contributed by atoms with Crippen LogP contribution in [0.2, 0.25) is 0 Å². The van der Waals surface area contributed by atoms with Gasteiger partial charge in [-0.05, 0) is 41.5 Å². The first-order chi connectivity index (χ1) is 8.45. The van der Waals surface area contributed by atoms with E-state index >= 15 is 0 Å². The van der Waals surface area contributed by atoms with Crippen molar-refractivity contribution >= 4 is 5.95 Å². The fraction of sp³-hybridized carbons (Fsp3) is 0.786. The number of nitrogens with one attached hydrogen (secondary N) is 1. The molecule has 1 N–H and O–H groups in total. The Balaban J connectivity index is 2.66. The maximum absolute atomic E-state index is 4.50. The molecule has 0 unspecified atom stereocenters. The first-order valence-electron chi connectivity index (χ1n) is 6.99. The summed E-state index contributed by atoms with van der Waals surface area (Å²) in [6.45, 7) is 16.1. The van der Waals surface area contributed by atoms with Crippen molar-refractivity contribution in [2.24, 2.45) is 0 Å². The van der Waals surface area contributed by atoms with Crippen molar-refractivity contribution in [3.8, 4) is 0 Å². The summed E-state index contributed by atoms with van der Waals surface area (Å²) < 4.78 is 2.22. The first kappa shape index (κ1) is 15.0. The first-order valence-corrected chi connectivity index (χ1v) is 6.99. The van der Waals surface area contributed by atoms with Crippen molar-refractivity contribution in [1.82, 2.24) is 14.5 Å². The molecular weight excluding hydrogens is 224 g/mol. The molecule has 4 nitrogen and oxygen atoms in total. The summed E-state index contributed by atoms with van der Waals surface area (Å²) >= 11 is 0. The second-order valence-corrected chi connectivity index (χ2v) is 5.35. The maximum atomic E-state index is 4.50. The molecule has 104 valence electrons. The van der Waals surface area contributed by atoms with E-state index in [1.165, 1.54) is 0 Å². The van der Waals surface area contributed by atoms with Gasteiger partial charge in [-0.3, -0.25) is 4.90 Å². The SMILES string of the molecule is CCNc1nc(C)cn1CCN(C(C)C)C(C)C. The van der Waals surface area contributed by atoms with E-state index in [9.17, 15) is 0 Å². The van der Waals surface area contributed by atoms with Gasteiger partial charge in [0.05, 0.1) is 5.69 Å². The Hall–Kier alpha value is -1.03. The Morgan fingerprint density at radius 1 is 1.28 bits per heavy atom. The quantitative estimate of drug-likeness (QED) is 0.810. The fourth-order valence-electron chi connectivity index (χ4n) is 2.35. The molecule has 0 saturated carbocycles. The van der Waals surface area contributed by atoms with Gasteiger partial charge in [0.2, 0.25) is 5.95 Å². The van der Waals surface area contributed by atoms with Crippen LogP contribution in [0.3, 0.4) is 0 Å². The van der Waals surface area contributed by atoms with Gasteiger partial charge in [0, 0.05) is 37.9 Å². The lowest BCUT2D eigenvalue weighted by atomic mass is 10.2. The minimum absolute atomic E-state index is 0.581. The fourth-order valence-corrected chi connectivity index (χ4v) is 2.35. The lowest BCUT2D eigenvalue weighted by Gasteiger charge is -2.30. The summed E-state index contributed by atoms with van der Waals surface area (Å²) in [5.74, 6) is 0.988. The van der Waals surface area contributed by atoms with Gasteiger partial charge in [-0.1, -0.05) is 0 Å². The highest BCUT2D eigenvalue weighted by atomic mass is 15.2. The summed E-state index contributed by atoms with van der Waals surface area (Å²) in [7, 11) is 0. The molecule has 4 heteroatoms. The average molecular weight is 252 g/mol. The van der Waals surface area contributed by atoms with E-state index in [0.717, 1.165) is 31.3 Å². The minimum atomic E-state index is 0.581. The van der Waals surface area contributed by atoms with Crippen LogP contribution in [0.5, 0.6) is 0 Å². The van der Waals surface area contributed by atoms with Crippen LogP contribution >= 0.6 is 0 Å². The molecule has 0 atom stereocenters. The number of hydrogen-bond acceptors (Lipinski definition) is 3. The third-order valence-electron chi connectivity index (χ3n) is 3.16. The van der Waals surface area contributed by atoms with Crippen LogP contribution in [0.25, 0.3) is 0 Å². The number of nitrogens with zero attached hydrogens (tertiary/aromatic N) is 3. The standard InChI is InChI=1S/C14H28N4/c1-7-15-14-16-13(6)10-17(14)8-9-18(11(2)3)12(4)5/h10-12H,7-9H2,1-6H3,(H,15,16). The minimum Gasteiger partial charge on any atom is -0.356 e. The van der Waals surface area contributed by atoms with Gasteiger partial charge in [-0.2, -0.15) is 0 Å². The largest absolute Gasteiger partial charge is 0.356 e. The van der Waals surface area contributed by atoms with Crippen LogP contribution in [-0.2, 0) is 6.54 Å². The molecule has 0 aliphatic heterocycles. The van der Waals surface area contributed by atoms with Crippen LogP contribution < -0.4 is 5.32 Å². The van der Waals surface area contributed by atoms with Crippen molar-refractivity contribution in [2.45, 2.75) is 60.2 Å². The molecule has 18 heavy (non-hydrogen) atoms. The highest BCUT2D eigenvalue weighted by molar-refractivity contribution is 5.28. The van der Waals surface area contributed by atoms with E-state index in [1.54, 1.807) is 0 Å². The van der Waals surface area contributed by atoms with Gasteiger partial charge in [-0.15, -0.1) is 0 Å². The number of imidazole rings is 1. The molecule has 1 rings (SSSR count). The van der Waals surface area contributed by atoms with E-state index < -0.39 is 0 Å². The topological polar surface area (TPSA) is 33.1 Å². The summed E-state index contributed by atoms with van der Waals surface area (Å²) in [6.07, 6.45) is 2.12. The van der Waals surface area contributed by atoms with Crippen LogP contribution in [0.1, 0.15) is 40.3 Å². The molecule has 0 spiro atoms. The van der Waals surface area contributed by atoms with Gasteiger partial charge >= 0.3 is 0 Å². The van der Waals surface area contributed by atoms with E-state index in [4.69, 9.17) is 0 Å². The molecule has 0 aliphatic rings. The van der Waals surface area contributed by atoms with Crippen LogP contribution in [0.15, 0.2) is 6.20 Å². The zero-order valence-corrected chi connectivity index (χ0v) is 12.7. The molecule has 0 bridgehead atoms. The second-order valence-electron chi connectivity index (χ2n) is 5.35. The second kappa shape index (κ2) is 6.78. The van der Waals surface area contributed by atoms with Gasteiger partial charge in [0.1, 0.15) is 0 Å².